The van der Waals surface area contributed by atoms with Gasteiger partial charge < -0.3 is 10.4 Å². The molecule has 4 heteroatoms. The lowest BCUT2D eigenvalue weighted by atomic mass is 9.97. The predicted octanol–water partition coefficient (Wildman–Crippen LogP) is 3.83. The topological polar surface area (TPSA) is 49.3 Å². The van der Waals surface area contributed by atoms with Crippen LogP contribution in [0.3, 0.4) is 0 Å². The van der Waals surface area contributed by atoms with Gasteiger partial charge in [-0.15, -0.1) is 0 Å². The average molecular weight is 263 g/mol. The molecule has 0 spiro atoms. The molecular formula is C15H18FNO2. The Kier molecular flexibility index (Phi) is 4.55. The number of carbonyl (C=O) groups is 1. The van der Waals surface area contributed by atoms with Crippen LogP contribution in [0.25, 0.3) is 0 Å². The quantitative estimate of drug-likeness (QED) is 0.794. The van der Waals surface area contributed by atoms with Crippen LogP contribution in [0.1, 0.15) is 42.5 Å². The van der Waals surface area contributed by atoms with Crippen molar-refractivity contribution < 1.29 is 14.3 Å². The molecule has 2 rings (SSSR count). The lowest BCUT2D eigenvalue weighted by Gasteiger charge is -2.14. The first-order valence-corrected chi connectivity index (χ1v) is 6.62. The summed E-state index contributed by atoms with van der Waals surface area (Å²) in [7, 11) is 0. The molecule has 2 N–H and O–H groups in total. The molecule has 102 valence electrons. The molecule has 0 aromatic heterocycles. The number of halogens is 1. The van der Waals surface area contributed by atoms with Crippen molar-refractivity contribution in [2.45, 2.75) is 32.1 Å². The maximum absolute atomic E-state index is 13.6. The van der Waals surface area contributed by atoms with Gasteiger partial charge in [0, 0.05) is 6.54 Å². The summed E-state index contributed by atoms with van der Waals surface area (Å²) < 4.78 is 13.6. The molecule has 19 heavy (non-hydrogen) atoms. The second kappa shape index (κ2) is 6.36. The molecule has 1 aliphatic rings. The third-order valence-corrected chi connectivity index (χ3v) is 3.38. The summed E-state index contributed by atoms with van der Waals surface area (Å²) in [5.74, 6) is -1.63. The van der Waals surface area contributed by atoms with Gasteiger partial charge in [-0.3, -0.25) is 0 Å². The zero-order valence-corrected chi connectivity index (χ0v) is 10.8. The van der Waals surface area contributed by atoms with E-state index in [1.165, 1.54) is 36.6 Å². The first-order chi connectivity index (χ1) is 9.18. The predicted molar refractivity (Wildman–Crippen MR) is 73.0 cm³/mol. The van der Waals surface area contributed by atoms with Crippen LogP contribution in [-0.2, 0) is 0 Å². The maximum Gasteiger partial charge on any atom is 0.337 e. The van der Waals surface area contributed by atoms with Crippen molar-refractivity contribution in [1.29, 1.82) is 0 Å². The number of carboxylic acid groups (broad SMARTS) is 1. The summed E-state index contributed by atoms with van der Waals surface area (Å²) in [5.41, 5.74) is 1.45. The Balaban J connectivity index is 1.99. The molecule has 1 aromatic rings. The van der Waals surface area contributed by atoms with Crippen LogP contribution in [0.5, 0.6) is 0 Å². The molecule has 0 fully saturated rings. The summed E-state index contributed by atoms with van der Waals surface area (Å²) in [5, 5.41) is 11.9. The van der Waals surface area contributed by atoms with E-state index in [1.54, 1.807) is 0 Å². The highest BCUT2D eigenvalue weighted by molar-refractivity contribution is 5.94. The maximum atomic E-state index is 13.6. The normalized spacial score (nSPS) is 14.9. The molecule has 0 aliphatic heterocycles. The van der Waals surface area contributed by atoms with E-state index in [-0.39, 0.29) is 11.3 Å². The van der Waals surface area contributed by atoms with Crippen LogP contribution in [0.15, 0.2) is 29.8 Å². The molecule has 1 aromatic carbocycles. The highest BCUT2D eigenvalue weighted by Crippen LogP contribution is 2.22. The number of allylic oxidation sites excluding steroid dienone is 1. The summed E-state index contributed by atoms with van der Waals surface area (Å²) >= 11 is 0. The van der Waals surface area contributed by atoms with Crippen molar-refractivity contribution in [2.24, 2.45) is 0 Å². The van der Waals surface area contributed by atoms with Crippen LogP contribution in [0, 0.1) is 5.82 Å². The fourth-order valence-electron chi connectivity index (χ4n) is 2.36. The Labute approximate surface area is 112 Å². The minimum atomic E-state index is -1.11. The molecule has 1 aliphatic carbocycles. The van der Waals surface area contributed by atoms with Crippen molar-refractivity contribution in [2.75, 3.05) is 11.9 Å². The lowest BCUT2D eigenvalue weighted by molar-refractivity contribution is 0.0697. The Morgan fingerprint density at radius 3 is 2.89 bits per heavy atom. The summed E-state index contributed by atoms with van der Waals surface area (Å²) in [6, 6.07) is 4.09. The fraction of sp³-hybridized carbons (Fsp3) is 0.400. The number of rotatable bonds is 5. The van der Waals surface area contributed by atoms with Gasteiger partial charge in [0.15, 0.2) is 0 Å². The second-order valence-electron chi connectivity index (χ2n) is 4.75. The van der Waals surface area contributed by atoms with Gasteiger partial charge in [0.2, 0.25) is 0 Å². The van der Waals surface area contributed by atoms with E-state index in [2.05, 4.69) is 11.4 Å². The number of nitrogens with one attached hydrogen (secondary N) is 1. The second-order valence-corrected chi connectivity index (χ2v) is 4.75. The Morgan fingerprint density at radius 2 is 2.21 bits per heavy atom. The van der Waals surface area contributed by atoms with Crippen molar-refractivity contribution in [3.63, 3.8) is 0 Å². The van der Waals surface area contributed by atoms with Gasteiger partial charge >= 0.3 is 5.97 Å². The van der Waals surface area contributed by atoms with Crippen LogP contribution in [0.4, 0.5) is 10.1 Å². The number of benzene rings is 1. The van der Waals surface area contributed by atoms with E-state index in [0.29, 0.717) is 6.54 Å². The molecule has 0 radical (unpaired) electrons. The number of carboxylic acids is 1. The first kappa shape index (κ1) is 13.6. The van der Waals surface area contributed by atoms with Gasteiger partial charge in [-0.1, -0.05) is 17.7 Å². The van der Waals surface area contributed by atoms with E-state index in [1.807, 2.05) is 0 Å². The van der Waals surface area contributed by atoms with E-state index in [4.69, 9.17) is 5.11 Å². The molecule has 0 heterocycles. The number of anilines is 1. The molecule has 0 saturated heterocycles. The van der Waals surface area contributed by atoms with Crippen molar-refractivity contribution in [1.82, 2.24) is 0 Å². The molecule has 0 unspecified atom stereocenters. The van der Waals surface area contributed by atoms with Gasteiger partial charge in [-0.05, 0) is 44.2 Å². The highest BCUT2D eigenvalue weighted by atomic mass is 19.1. The number of para-hydroxylation sites is 1. The molecule has 0 atom stereocenters. The fourth-order valence-corrected chi connectivity index (χ4v) is 2.36. The van der Waals surface area contributed by atoms with Crippen LogP contribution < -0.4 is 5.32 Å². The van der Waals surface area contributed by atoms with Crippen molar-refractivity contribution in [3.05, 3.63) is 41.2 Å². The average Bonchev–Trinajstić information content (AvgIpc) is 2.41. The number of hydrogen-bond donors (Lipinski definition) is 2. The number of aromatic carboxylic acids is 1. The van der Waals surface area contributed by atoms with E-state index in [0.717, 1.165) is 19.3 Å². The monoisotopic (exact) mass is 263 g/mol. The summed E-state index contributed by atoms with van der Waals surface area (Å²) in [4.78, 5) is 11.0. The lowest BCUT2D eigenvalue weighted by Crippen LogP contribution is -2.10. The van der Waals surface area contributed by atoms with Crippen LogP contribution in [-0.4, -0.2) is 17.6 Å². The zero-order chi connectivity index (χ0) is 13.7. The SMILES string of the molecule is O=C(O)c1cccc(F)c1NCCC1=CCCCC1. The van der Waals surface area contributed by atoms with Gasteiger partial charge in [-0.2, -0.15) is 0 Å². The standard InChI is InChI=1S/C15H18FNO2/c16-13-8-4-7-12(15(18)19)14(13)17-10-9-11-5-2-1-3-6-11/h4-5,7-8,17H,1-3,6,9-10H2,(H,18,19). The third kappa shape index (κ3) is 3.56. The Hall–Kier alpha value is -1.84. The molecule has 0 bridgehead atoms. The minimum absolute atomic E-state index is 0.0161. The smallest absolute Gasteiger partial charge is 0.337 e. The molecule has 3 nitrogen and oxygen atoms in total. The van der Waals surface area contributed by atoms with Gasteiger partial charge in [0.05, 0.1) is 11.3 Å². The van der Waals surface area contributed by atoms with E-state index in [9.17, 15) is 9.18 Å². The van der Waals surface area contributed by atoms with Gasteiger partial charge in [0.1, 0.15) is 5.82 Å². The van der Waals surface area contributed by atoms with Gasteiger partial charge in [-0.25, -0.2) is 9.18 Å². The van der Waals surface area contributed by atoms with Crippen LogP contribution >= 0.6 is 0 Å². The largest absolute Gasteiger partial charge is 0.478 e. The zero-order valence-electron chi connectivity index (χ0n) is 10.8. The molecule has 0 saturated carbocycles. The van der Waals surface area contributed by atoms with Gasteiger partial charge in [0.25, 0.3) is 0 Å². The highest BCUT2D eigenvalue weighted by Gasteiger charge is 2.13. The van der Waals surface area contributed by atoms with E-state index < -0.39 is 11.8 Å². The van der Waals surface area contributed by atoms with Crippen molar-refractivity contribution >= 4 is 11.7 Å². The van der Waals surface area contributed by atoms with Crippen LogP contribution in [0.2, 0.25) is 0 Å². The third-order valence-electron chi connectivity index (χ3n) is 3.38. The molecular weight excluding hydrogens is 245 g/mol. The number of hydrogen-bond acceptors (Lipinski definition) is 2. The van der Waals surface area contributed by atoms with E-state index >= 15 is 0 Å². The summed E-state index contributed by atoms with van der Waals surface area (Å²) in [6.07, 6.45) is 7.76. The first-order valence-electron chi connectivity index (χ1n) is 6.62. The minimum Gasteiger partial charge on any atom is -0.478 e. The summed E-state index contributed by atoms with van der Waals surface area (Å²) in [6.45, 7) is 0.563. The van der Waals surface area contributed by atoms with Crippen molar-refractivity contribution in [3.8, 4) is 0 Å². The molecule has 0 amide bonds. The Bertz CT molecular complexity index is 497. The Morgan fingerprint density at radius 1 is 1.37 bits per heavy atom.